The Bertz CT molecular complexity index is 1150. The monoisotopic (exact) mass is 466 g/mol. The molecule has 1 atom stereocenters. The number of para-hydroxylation sites is 1. The van der Waals surface area contributed by atoms with Crippen molar-refractivity contribution in [1.82, 2.24) is 0 Å². The van der Waals surface area contributed by atoms with Gasteiger partial charge in [-0.3, -0.25) is 14.5 Å². The molecule has 2 aromatic rings. The highest BCUT2D eigenvalue weighted by Gasteiger charge is 2.45. The maximum Gasteiger partial charge on any atom is 0.232 e. The van der Waals surface area contributed by atoms with E-state index in [1.807, 2.05) is 13.8 Å². The second kappa shape index (κ2) is 7.48. The quantitative estimate of drug-likeness (QED) is 0.576. The number of hydrogen-bond donors (Lipinski definition) is 0. The van der Waals surface area contributed by atoms with Gasteiger partial charge in [0.25, 0.3) is 0 Å². The lowest BCUT2D eigenvalue weighted by molar-refractivity contribution is -0.121. The molecule has 1 amide bonds. The van der Waals surface area contributed by atoms with Crippen LogP contribution in [-0.4, -0.2) is 11.7 Å². The maximum absolute atomic E-state index is 14.7. The third kappa shape index (κ3) is 3.48. The average Bonchev–Trinajstić information content (AvgIpc) is 2.68. The summed E-state index contributed by atoms with van der Waals surface area (Å²) in [5.74, 6) is -1.39. The Morgan fingerprint density at radius 3 is 2.63 bits per heavy atom. The fourth-order valence-corrected chi connectivity index (χ4v) is 4.88. The molecular formula is C24H20BrFN2O2. The van der Waals surface area contributed by atoms with Gasteiger partial charge in [-0.15, -0.1) is 0 Å². The Morgan fingerprint density at radius 1 is 1.17 bits per heavy atom. The van der Waals surface area contributed by atoms with Crippen molar-refractivity contribution in [2.24, 2.45) is 5.41 Å². The van der Waals surface area contributed by atoms with E-state index in [1.54, 1.807) is 36.4 Å². The van der Waals surface area contributed by atoms with E-state index in [9.17, 15) is 19.2 Å². The average molecular weight is 467 g/mol. The van der Waals surface area contributed by atoms with Crippen molar-refractivity contribution in [2.45, 2.75) is 39.0 Å². The van der Waals surface area contributed by atoms with Gasteiger partial charge in [0, 0.05) is 34.5 Å². The molecule has 0 bridgehead atoms. The Kier molecular flexibility index (Phi) is 5.11. The van der Waals surface area contributed by atoms with E-state index in [0.29, 0.717) is 45.4 Å². The lowest BCUT2D eigenvalue weighted by Gasteiger charge is -2.43. The zero-order valence-corrected chi connectivity index (χ0v) is 18.3. The summed E-state index contributed by atoms with van der Waals surface area (Å²) in [5, 5.41) is 9.56. The van der Waals surface area contributed by atoms with Crippen LogP contribution in [0, 0.1) is 22.6 Å². The van der Waals surface area contributed by atoms with E-state index in [-0.39, 0.29) is 23.5 Å². The van der Waals surface area contributed by atoms with Crippen molar-refractivity contribution in [3.8, 4) is 6.07 Å². The number of benzene rings is 2. The summed E-state index contributed by atoms with van der Waals surface area (Å²) in [6.07, 6.45) is 0.795. The van der Waals surface area contributed by atoms with E-state index in [4.69, 9.17) is 0 Å². The van der Waals surface area contributed by atoms with Crippen LogP contribution >= 0.6 is 15.9 Å². The summed E-state index contributed by atoms with van der Waals surface area (Å²) < 4.78 is 15.4. The summed E-state index contributed by atoms with van der Waals surface area (Å²) >= 11 is 3.37. The molecule has 0 spiro atoms. The third-order valence-electron chi connectivity index (χ3n) is 5.74. The number of carbonyl (C=O) groups is 2. The van der Waals surface area contributed by atoms with Gasteiger partial charge in [0.05, 0.1) is 11.3 Å². The molecule has 2 aromatic carbocycles. The summed E-state index contributed by atoms with van der Waals surface area (Å²) in [4.78, 5) is 28.1. The molecule has 30 heavy (non-hydrogen) atoms. The van der Waals surface area contributed by atoms with Crippen molar-refractivity contribution >= 4 is 33.3 Å². The van der Waals surface area contributed by atoms with Crippen molar-refractivity contribution in [1.29, 1.82) is 5.26 Å². The molecule has 152 valence electrons. The molecule has 2 aliphatic rings. The Labute approximate surface area is 183 Å². The van der Waals surface area contributed by atoms with Gasteiger partial charge in [-0.25, -0.2) is 4.39 Å². The summed E-state index contributed by atoms with van der Waals surface area (Å²) in [6.45, 7) is 3.97. The lowest BCUT2D eigenvalue weighted by Crippen LogP contribution is -2.44. The molecule has 4 rings (SSSR count). The van der Waals surface area contributed by atoms with Gasteiger partial charge in [0.15, 0.2) is 5.78 Å². The Balaban J connectivity index is 1.97. The predicted molar refractivity (Wildman–Crippen MR) is 115 cm³/mol. The number of carbonyl (C=O) groups excluding carboxylic acids is 2. The van der Waals surface area contributed by atoms with E-state index in [0.717, 1.165) is 0 Å². The van der Waals surface area contributed by atoms with E-state index in [1.165, 1.54) is 11.0 Å². The number of ketones is 1. The molecule has 1 aliphatic carbocycles. The van der Waals surface area contributed by atoms with Gasteiger partial charge in [-0.05, 0) is 47.7 Å². The normalized spacial score (nSPS) is 20.8. The fraction of sp³-hybridized carbons (Fsp3) is 0.292. The minimum Gasteiger partial charge on any atom is -0.294 e. The standard InChI is InChI=1S/C24H20BrFN2O2/c1-24(2)11-20-23(21(29)12-24)17(16-9-15(25)7-8-18(16)26)10-22(30)28(20)19-6-4-3-5-14(19)13-27/h3-9,17H,10-12H2,1-2H3. The highest BCUT2D eigenvalue weighted by Crippen LogP contribution is 2.49. The molecule has 0 aromatic heterocycles. The first-order valence-corrected chi connectivity index (χ1v) is 10.5. The van der Waals surface area contributed by atoms with Crippen LogP contribution in [0.15, 0.2) is 58.2 Å². The van der Waals surface area contributed by atoms with Gasteiger partial charge in [-0.2, -0.15) is 5.26 Å². The highest BCUT2D eigenvalue weighted by atomic mass is 79.9. The molecule has 0 radical (unpaired) electrons. The van der Waals surface area contributed by atoms with E-state index < -0.39 is 11.7 Å². The Morgan fingerprint density at radius 2 is 1.90 bits per heavy atom. The van der Waals surface area contributed by atoms with Crippen LogP contribution in [0.25, 0.3) is 0 Å². The molecule has 6 heteroatoms. The smallest absolute Gasteiger partial charge is 0.232 e. The molecule has 0 N–H and O–H groups in total. The molecular weight excluding hydrogens is 447 g/mol. The van der Waals surface area contributed by atoms with Crippen LogP contribution in [0.1, 0.15) is 50.2 Å². The molecule has 1 aliphatic heterocycles. The number of halogens is 2. The second-order valence-corrected chi connectivity index (χ2v) is 9.50. The van der Waals surface area contributed by atoms with Gasteiger partial charge < -0.3 is 0 Å². The molecule has 0 saturated carbocycles. The minimum absolute atomic E-state index is 0.0296. The zero-order valence-electron chi connectivity index (χ0n) is 16.7. The number of anilines is 1. The number of hydrogen-bond acceptors (Lipinski definition) is 3. The van der Waals surface area contributed by atoms with Crippen LogP contribution in [0.3, 0.4) is 0 Å². The first-order chi connectivity index (χ1) is 14.2. The van der Waals surface area contributed by atoms with Crippen molar-refractivity contribution < 1.29 is 14.0 Å². The number of allylic oxidation sites excluding steroid dienone is 2. The van der Waals surface area contributed by atoms with E-state index >= 15 is 0 Å². The summed E-state index contributed by atoms with van der Waals surface area (Å²) in [6, 6.07) is 13.6. The Hall–Kier alpha value is -2.78. The van der Waals surface area contributed by atoms with Gasteiger partial charge in [-0.1, -0.05) is 41.9 Å². The summed E-state index contributed by atoms with van der Waals surface area (Å²) in [5.41, 5.74) is 1.90. The third-order valence-corrected chi connectivity index (χ3v) is 6.24. The van der Waals surface area contributed by atoms with Gasteiger partial charge >= 0.3 is 0 Å². The predicted octanol–water partition coefficient (Wildman–Crippen LogP) is 5.62. The minimum atomic E-state index is -0.640. The van der Waals surface area contributed by atoms with Gasteiger partial charge in [0.1, 0.15) is 11.9 Å². The molecule has 0 fully saturated rings. The molecule has 1 heterocycles. The van der Waals surface area contributed by atoms with Crippen molar-refractivity contribution in [2.75, 3.05) is 4.90 Å². The highest BCUT2D eigenvalue weighted by molar-refractivity contribution is 9.10. The van der Waals surface area contributed by atoms with Crippen LogP contribution in [0.2, 0.25) is 0 Å². The first kappa shape index (κ1) is 20.5. The van der Waals surface area contributed by atoms with Crippen molar-refractivity contribution in [3.05, 3.63) is 75.2 Å². The number of rotatable bonds is 2. The first-order valence-electron chi connectivity index (χ1n) is 9.75. The SMILES string of the molecule is CC1(C)CC(=O)C2=C(C1)N(c1ccccc1C#N)C(=O)CC2c1cc(Br)ccc1F. The topological polar surface area (TPSA) is 61.2 Å². The molecule has 1 unspecified atom stereocenters. The van der Waals surface area contributed by atoms with Crippen LogP contribution in [0.4, 0.5) is 10.1 Å². The lowest BCUT2D eigenvalue weighted by atomic mass is 9.69. The number of Topliss-reactive ketones (excluding diaryl/α,β-unsaturated/α-hetero) is 1. The largest absolute Gasteiger partial charge is 0.294 e. The number of nitriles is 1. The van der Waals surface area contributed by atoms with Gasteiger partial charge in [0.2, 0.25) is 5.91 Å². The van der Waals surface area contributed by atoms with Crippen LogP contribution < -0.4 is 4.90 Å². The van der Waals surface area contributed by atoms with E-state index in [2.05, 4.69) is 22.0 Å². The molecule has 0 saturated heterocycles. The number of amides is 1. The molecule has 4 nitrogen and oxygen atoms in total. The number of nitrogens with zero attached hydrogens (tertiary/aromatic N) is 2. The summed E-state index contributed by atoms with van der Waals surface area (Å²) in [7, 11) is 0. The fourth-order valence-electron chi connectivity index (χ4n) is 4.51. The van der Waals surface area contributed by atoms with Crippen molar-refractivity contribution in [3.63, 3.8) is 0 Å². The van der Waals surface area contributed by atoms with Crippen LogP contribution in [0.5, 0.6) is 0 Å². The second-order valence-electron chi connectivity index (χ2n) is 8.58. The van der Waals surface area contributed by atoms with Crippen LogP contribution in [-0.2, 0) is 9.59 Å². The maximum atomic E-state index is 14.7. The zero-order chi connectivity index (χ0) is 21.6.